The lowest BCUT2D eigenvalue weighted by atomic mass is 10.2. The van der Waals surface area contributed by atoms with Crippen LogP contribution >= 0.6 is 11.3 Å². The van der Waals surface area contributed by atoms with Gasteiger partial charge in [0, 0.05) is 10.8 Å². The molecular formula is C19H13N5S. The summed E-state index contributed by atoms with van der Waals surface area (Å²) in [4.78, 5) is 10.5. The van der Waals surface area contributed by atoms with E-state index in [1.807, 2.05) is 66.0 Å². The number of thiophene rings is 1. The molecule has 3 aromatic heterocycles. The SMILES string of the molecule is c1csc(-c2nc(Nc3n[nH]c4ccccc34)c3ccccc3n2)c1. The van der Waals surface area contributed by atoms with Crippen molar-refractivity contribution in [3.05, 3.63) is 66.0 Å². The zero-order chi connectivity index (χ0) is 16.6. The Bertz CT molecular complexity index is 1180. The lowest BCUT2D eigenvalue weighted by Gasteiger charge is -2.09. The molecule has 5 nitrogen and oxygen atoms in total. The molecule has 0 atom stereocenters. The normalized spacial score (nSPS) is 11.2. The number of aromatic amines is 1. The fourth-order valence-electron chi connectivity index (χ4n) is 2.86. The van der Waals surface area contributed by atoms with Crippen molar-refractivity contribution >= 4 is 44.8 Å². The first-order valence-corrected chi connectivity index (χ1v) is 8.77. The van der Waals surface area contributed by atoms with Gasteiger partial charge in [-0.15, -0.1) is 11.3 Å². The van der Waals surface area contributed by atoms with E-state index in [0.29, 0.717) is 0 Å². The molecule has 0 radical (unpaired) electrons. The van der Waals surface area contributed by atoms with Gasteiger partial charge in [-0.05, 0) is 35.7 Å². The molecule has 0 aliphatic rings. The van der Waals surface area contributed by atoms with Gasteiger partial charge in [-0.2, -0.15) is 5.10 Å². The maximum absolute atomic E-state index is 4.76. The van der Waals surface area contributed by atoms with Crippen molar-refractivity contribution in [3.8, 4) is 10.7 Å². The largest absolute Gasteiger partial charge is 0.322 e. The Morgan fingerprint density at radius 1 is 0.800 bits per heavy atom. The fraction of sp³-hybridized carbons (Fsp3) is 0. The van der Waals surface area contributed by atoms with Crippen LogP contribution in [0.5, 0.6) is 0 Å². The molecule has 5 aromatic rings. The number of para-hydroxylation sites is 2. The third kappa shape index (κ3) is 2.43. The number of fused-ring (bicyclic) bond motifs is 2. The summed E-state index contributed by atoms with van der Waals surface area (Å²) in [6.07, 6.45) is 0. The Morgan fingerprint density at radius 2 is 1.64 bits per heavy atom. The average molecular weight is 343 g/mol. The first-order valence-electron chi connectivity index (χ1n) is 7.89. The third-order valence-electron chi connectivity index (χ3n) is 4.05. The van der Waals surface area contributed by atoms with E-state index in [-0.39, 0.29) is 0 Å². The summed E-state index contributed by atoms with van der Waals surface area (Å²) in [5.74, 6) is 2.24. The van der Waals surface area contributed by atoms with Gasteiger partial charge in [0.25, 0.3) is 0 Å². The Labute approximate surface area is 147 Å². The van der Waals surface area contributed by atoms with Gasteiger partial charge in [0.05, 0.1) is 15.9 Å². The number of hydrogen-bond donors (Lipinski definition) is 2. The number of nitrogens with one attached hydrogen (secondary N) is 2. The van der Waals surface area contributed by atoms with Crippen LogP contribution in [0.4, 0.5) is 11.6 Å². The zero-order valence-corrected chi connectivity index (χ0v) is 13.9. The van der Waals surface area contributed by atoms with Crippen LogP contribution in [0.2, 0.25) is 0 Å². The lowest BCUT2D eigenvalue weighted by Crippen LogP contribution is -1.99. The molecule has 0 amide bonds. The van der Waals surface area contributed by atoms with Crippen molar-refractivity contribution in [1.29, 1.82) is 0 Å². The lowest BCUT2D eigenvalue weighted by molar-refractivity contribution is 1.11. The molecular weight excluding hydrogens is 330 g/mol. The van der Waals surface area contributed by atoms with Crippen LogP contribution in [0.15, 0.2) is 66.0 Å². The smallest absolute Gasteiger partial charge is 0.172 e. The first-order chi connectivity index (χ1) is 12.4. The van der Waals surface area contributed by atoms with Crippen molar-refractivity contribution in [2.75, 3.05) is 5.32 Å². The molecule has 0 fully saturated rings. The van der Waals surface area contributed by atoms with Gasteiger partial charge in [-0.25, -0.2) is 9.97 Å². The Hall–Kier alpha value is -3.25. The number of nitrogens with zero attached hydrogens (tertiary/aromatic N) is 3. The summed E-state index contributed by atoms with van der Waals surface area (Å²) < 4.78 is 0. The van der Waals surface area contributed by atoms with E-state index < -0.39 is 0 Å². The van der Waals surface area contributed by atoms with Gasteiger partial charge < -0.3 is 5.32 Å². The molecule has 0 aliphatic carbocycles. The highest BCUT2D eigenvalue weighted by Gasteiger charge is 2.12. The summed E-state index contributed by atoms with van der Waals surface area (Å²) in [5.41, 5.74) is 1.89. The van der Waals surface area contributed by atoms with E-state index in [9.17, 15) is 0 Å². The van der Waals surface area contributed by atoms with E-state index >= 15 is 0 Å². The average Bonchev–Trinajstić information content (AvgIpc) is 3.32. The second-order valence-corrected chi connectivity index (χ2v) is 6.58. The van der Waals surface area contributed by atoms with Crippen LogP contribution < -0.4 is 5.32 Å². The quantitative estimate of drug-likeness (QED) is 0.485. The summed E-state index contributed by atoms with van der Waals surface area (Å²) in [5, 5.41) is 14.9. The zero-order valence-electron chi connectivity index (χ0n) is 13.1. The Kier molecular flexibility index (Phi) is 3.21. The third-order valence-corrected chi connectivity index (χ3v) is 4.92. The van der Waals surface area contributed by atoms with Crippen molar-refractivity contribution < 1.29 is 0 Å². The second-order valence-electron chi connectivity index (χ2n) is 5.63. The molecule has 5 rings (SSSR count). The predicted molar refractivity (Wildman–Crippen MR) is 102 cm³/mol. The molecule has 2 N–H and O–H groups in total. The monoisotopic (exact) mass is 343 g/mol. The summed E-state index contributed by atoms with van der Waals surface area (Å²) in [7, 11) is 0. The van der Waals surface area contributed by atoms with Gasteiger partial charge in [0.2, 0.25) is 0 Å². The predicted octanol–water partition coefficient (Wildman–Crippen LogP) is 4.98. The van der Waals surface area contributed by atoms with E-state index in [0.717, 1.165) is 44.1 Å². The van der Waals surface area contributed by atoms with Crippen LogP contribution in [0.25, 0.3) is 32.5 Å². The number of rotatable bonds is 3. The minimum Gasteiger partial charge on any atom is -0.322 e. The second kappa shape index (κ2) is 5.68. The van der Waals surface area contributed by atoms with Gasteiger partial charge in [0.1, 0.15) is 5.82 Å². The topological polar surface area (TPSA) is 66.5 Å². The molecule has 6 heteroatoms. The Morgan fingerprint density at radius 3 is 2.52 bits per heavy atom. The minimum absolute atomic E-state index is 0.719. The molecule has 0 spiro atoms. The van der Waals surface area contributed by atoms with Gasteiger partial charge in [-0.3, -0.25) is 5.10 Å². The van der Waals surface area contributed by atoms with Crippen molar-refractivity contribution in [3.63, 3.8) is 0 Å². The van der Waals surface area contributed by atoms with E-state index in [2.05, 4.69) is 15.5 Å². The van der Waals surface area contributed by atoms with Gasteiger partial charge in [0.15, 0.2) is 11.6 Å². The highest BCUT2D eigenvalue weighted by atomic mass is 32.1. The number of hydrogen-bond acceptors (Lipinski definition) is 5. The summed E-state index contributed by atoms with van der Waals surface area (Å²) in [6, 6.07) is 20.1. The van der Waals surface area contributed by atoms with Crippen molar-refractivity contribution in [2.24, 2.45) is 0 Å². The van der Waals surface area contributed by atoms with Gasteiger partial charge in [-0.1, -0.05) is 30.3 Å². The van der Waals surface area contributed by atoms with E-state index in [4.69, 9.17) is 9.97 Å². The van der Waals surface area contributed by atoms with E-state index in [1.54, 1.807) is 11.3 Å². The molecule has 3 heterocycles. The van der Waals surface area contributed by atoms with Crippen LogP contribution in [0.3, 0.4) is 0 Å². The molecule has 120 valence electrons. The molecule has 0 saturated heterocycles. The fourth-order valence-corrected chi connectivity index (χ4v) is 3.52. The number of H-pyrrole nitrogens is 1. The van der Waals surface area contributed by atoms with Crippen molar-refractivity contribution in [1.82, 2.24) is 20.2 Å². The molecule has 0 aliphatic heterocycles. The van der Waals surface area contributed by atoms with Crippen molar-refractivity contribution in [2.45, 2.75) is 0 Å². The number of benzene rings is 2. The molecule has 2 aromatic carbocycles. The first kappa shape index (κ1) is 14.1. The van der Waals surface area contributed by atoms with E-state index in [1.165, 1.54) is 0 Å². The summed E-state index contributed by atoms with van der Waals surface area (Å²) >= 11 is 1.63. The highest BCUT2D eigenvalue weighted by molar-refractivity contribution is 7.13. The van der Waals surface area contributed by atoms with Crippen LogP contribution in [0.1, 0.15) is 0 Å². The molecule has 0 unspecified atom stereocenters. The maximum atomic E-state index is 4.76. The van der Waals surface area contributed by atoms with Gasteiger partial charge >= 0.3 is 0 Å². The number of aromatic nitrogens is 4. The molecule has 0 bridgehead atoms. The van der Waals surface area contributed by atoms with Crippen LogP contribution in [0, 0.1) is 0 Å². The standard InChI is InChI=1S/C19H13N5S/c1-3-8-14-12(6-1)17(22-19(20-14)16-10-5-11-25-16)21-18-13-7-2-4-9-15(13)23-24-18/h1-11H,(H2,20,21,22,23,24). The minimum atomic E-state index is 0.719. The molecule has 0 saturated carbocycles. The van der Waals surface area contributed by atoms with Crippen LogP contribution in [-0.4, -0.2) is 20.2 Å². The highest BCUT2D eigenvalue weighted by Crippen LogP contribution is 2.30. The maximum Gasteiger partial charge on any atom is 0.172 e. The Balaban J connectivity index is 1.69. The number of anilines is 2. The summed E-state index contributed by atoms with van der Waals surface area (Å²) in [6.45, 7) is 0. The molecule has 25 heavy (non-hydrogen) atoms. The van der Waals surface area contributed by atoms with Crippen LogP contribution in [-0.2, 0) is 0 Å².